The van der Waals surface area contributed by atoms with E-state index in [4.69, 9.17) is 23.2 Å². The summed E-state index contributed by atoms with van der Waals surface area (Å²) in [7, 11) is 0. The number of rotatable bonds is 2. The zero-order valence-electron chi connectivity index (χ0n) is 9.49. The van der Waals surface area contributed by atoms with Crippen LogP contribution < -0.4 is 10.6 Å². The van der Waals surface area contributed by atoms with E-state index in [1.165, 1.54) is 12.5 Å². The number of halogens is 2. The second-order valence-electron chi connectivity index (χ2n) is 4.72. The summed E-state index contributed by atoms with van der Waals surface area (Å²) in [4.78, 5) is 19.8. The molecule has 3 rings (SSSR count). The molecule has 3 unspecified atom stereocenters. The summed E-state index contributed by atoms with van der Waals surface area (Å²) in [6.07, 6.45) is 3.12. The normalized spacial score (nSPS) is 29.6. The fraction of sp³-hybridized carbons (Fsp3) is 0.545. The molecule has 1 amide bonds. The fourth-order valence-electron chi connectivity index (χ4n) is 2.79. The molecule has 2 bridgehead atoms. The Bertz CT molecular complexity index is 476. The van der Waals surface area contributed by atoms with Gasteiger partial charge in [0.2, 0.25) is 11.2 Å². The Morgan fingerprint density at radius 3 is 2.83 bits per heavy atom. The monoisotopic (exact) mass is 286 g/mol. The first-order valence-corrected chi connectivity index (χ1v) is 6.64. The van der Waals surface area contributed by atoms with Gasteiger partial charge in [-0.2, -0.15) is 0 Å². The fourth-order valence-corrected chi connectivity index (χ4v) is 3.20. The van der Waals surface area contributed by atoms with Crippen molar-refractivity contribution in [2.45, 2.75) is 31.3 Å². The summed E-state index contributed by atoms with van der Waals surface area (Å²) < 4.78 is 0. The van der Waals surface area contributed by atoms with Crippen molar-refractivity contribution < 1.29 is 4.79 Å². The standard InChI is InChI=1S/C11H12Cl2N4O/c12-8-4-9(17-11(13)15-8)16-10(18)6-3-5-1-2-7(6)14-5/h4-7,14H,1-3H2,(H,15,16,17,18). The van der Waals surface area contributed by atoms with E-state index in [2.05, 4.69) is 20.6 Å². The van der Waals surface area contributed by atoms with Gasteiger partial charge in [-0.1, -0.05) is 11.6 Å². The minimum Gasteiger partial charge on any atom is -0.310 e. The number of nitrogens with zero attached hydrogens (tertiary/aromatic N) is 2. The van der Waals surface area contributed by atoms with Crippen LogP contribution in [-0.2, 0) is 4.79 Å². The highest BCUT2D eigenvalue weighted by Crippen LogP contribution is 2.33. The highest BCUT2D eigenvalue weighted by Gasteiger charge is 2.42. The van der Waals surface area contributed by atoms with E-state index in [-0.39, 0.29) is 22.3 Å². The third-order valence-electron chi connectivity index (χ3n) is 3.56. The first kappa shape index (κ1) is 12.1. The van der Waals surface area contributed by atoms with Crippen LogP contribution in [-0.4, -0.2) is 28.0 Å². The maximum Gasteiger partial charge on any atom is 0.230 e. The smallest absolute Gasteiger partial charge is 0.230 e. The van der Waals surface area contributed by atoms with Crippen LogP contribution in [0.15, 0.2) is 6.07 Å². The lowest BCUT2D eigenvalue weighted by molar-refractivity contribution is -0.120. The molecule has 0 aliphatic carbocycles. The van der Waals surface area contributed by atoms with Gasteiger partial charge in [-0.15, -0.1) is 0 Å². The zero-order chi connectivity index (χ0) is 12.7. The molecule has 2 saturated heterocycles. The van der Waals surface area contributed by atoms with Crippen LogP contribution in [0.3, 0.4) is 0 Å². The Labute approximate surface area is 114 Å². The molecule has 96 valence electrons. The van der Waals surface area contributed by atoms with Gasteiger partial charge in [0.15, 0.2) is 0 Å². The van der Waals surface area contributed by atoms with Crippen LogP contribution >= 0.6 is 23.2 Å². The number of fused-ring (bicyclic) bond motifs is 2. The maximum absolute atomic E-state index is 12.1. The molecule has 2 aliphatic rings. The quantitative estimate of drug-likeness (QED) is 0.643. The molecule has 2 fully saturated rings. The average Bonchev–Trinajstić information content (AvgIpc) is 2.88. The number of hydrogen-bond donors (Lipinski definition) is 2. The van der Waals surface area contributed by atoms with Crippen LogP contribution in [0, 0.1) is 5.92 Å². The summed E-state index contributed by atoms with van der Waals surface area (Å²) in [5, 5.41) is 6.42. The second-order valence-corrected chi connectivity index (χ2v) is 5.45. The Kier molecular flexibility index (Phi) is 3.13. The molecule has 0 spiro atoms. The van der Waals surface area contributed by atoms with Crippen LogP contribution in [0.5, 0.6) is 0 Å². The lowest BCUT2D eigenvalue weighted by Crippen LogP contribution is -2.33. The van der Waals surface area contributed by atoms with Gasteiger partial charge >= 0.3 is 0 Å². The van der Waals surface area contributed by atoms with E-state index >= 15 is 0 Å². The highest BCUT2D eigenvalue weighted by molar-refractivity contribution is 6.32. The van der Waals surface area contributed by atoms with E-state index < -0.39 is 0 Å². The number of carbonyl (C=O) groups excluding carboxylic acids is 1. The molecule has 3 atom stereocenters. The van der Waals surface area contributed by atoms with Crippen molar-refractivity contribution in [1.29, 1.82) is 0 Å². The van der Waals surface area contributed by atoms with Crippen molar-refractivity contribution in [3.8, 4) is 0 Å². The van der Waals surface area contributed by atoms with Gasteiger partial charge in [0, 0.05) is 18.2 Å². The number of carbonyl (C=O) groups is 1. The summed E-state index contributed by atoms with van der Waals surface area (Å²) in [6.45, 7) is 0. The molecule has 2 aliphatic heterocycles. The maximum atomic E-state index is 12.1. The molecule has 7 heteroatoms. The summed E-state index contributed by atoms with van der Waals surface area (Å²) >= 11 is 11.4. The molecule has 1 aromatic heterocycles. The molecule has 18 heavy (non-hydrogen) atoms. The number of nitrogens with one attached hydrogen (secondary N) is 2. The molecular formula is C11H12Cl2N4O. The summed E-state index contributed by atoms with van der Waals surface area (Å²) in [5.74, 6) is 0.338. The van der Waals surface area contributed by atoms with Crippen molar-refractivity contribution in [2.75, 3.05) is 5.32 Å². The van der Waals surface area contributed by atoms with E-state index in [9.17, 15) is 4.79 Å². The van der Waals surface area contributed by atoms with Crippen LogP contribution in [0.1, 0.15) is 19.3 Å². The minimum absolute atomic E-state index is 0.0104. The highest BCUT2D eigenvalue weighted by atomic mass is 35.5. The lowest BCUT2D eigenvalue weighted by atomic mass is 9.88. The molecule has 0 saturated carbocycles. The third kappa shape index (κ3) is 2.30. The second kappa shape index (κ2) is 4.64. The molecule has 1 aromatic rings. The molecule has 0 aromatic carbocycles. The van der Waals surface area contributed by atoms with Crippen LogP contribution in [0.2, 0.25) is 10.4 Å². The van der Waals surface area contributed by atoms with Crippen molar-refractivity contribution >= 4 is 34.9 Å². The van der Waals surface area contributed by atoms with Crippen LogP contribution in [0.4, 0.5) is 5.82 Å². The van der Waals surface area contributed by atoms with Gasteiger partial charge in [-0.25, -0.2) is 9.97 Å². The topological polar surface area (TPSA) is 66.9 Å². The van der Waals surface area contributed by atoms with Gasteiger partial charge in [-0.3, -0.25) is 4.79 Å². The number of hydrogen-bond acceptors (Lipinski definition) is 4. The predicted molar refractivity (Wildman–Crippen MR) is 68.7 cm³/mol. The largest absolute Gasteiger partial charge is 0.310 e. The molecule has 0 radical (unpaired) electrons. The molecule has 2 N–H and O–H groups in total. The predicted octanol–water partition coefficient (Wildman–Crippen LogP) is 1.86. The van der Waals surface area contributed by atoms with Crippen molar-refractivity contribution in [1.82, 2.24) is 15.3 Å². The molecular weight excluding hydrogens is 275 g/mol. The molecule has 3 heterocycles. The van der Waals surface area contributed by atoms with E-state index in [0.29, 0.717) is 17.9 Å². The van der Waals surface area contributed by atoms with Gasteiger partial charge in [0.25, 0.3) is 0 Å². The minimum atomic E-state index is -0.0273. The molecule has 5 nitrogen and oxygen atoms in total. The van der Waals surface area contributed by atoms with Crippen molar-refractivity contribution in [3.05, 3.63) is 16.5 Å². The zero-order valence-corrected chi connectivity index (χ0v) is 11.0. The summed E-state index contributed by atoms with van der Waals surface area (Å²) in [6, 6.07) is 2.28. The van der Waals surface area contributed by atoms with E-state index in [1.807, 2.05) is 0 Å². The Hall–Kier alpha value is -0.910. The third-order valence-corrected chi connectivity index (χ3v) is 3.92. The van der Waals surface area contributed by atoms with Crippen molar-refractivity contribution in [3.63, 3.8) is 0 Å². The first-order chi connectivity index (χ1) is 8.61. The lowest BCUT2D eigenvalue weighted by Gasteiger charge is -2.19. The van der Waals surface area contributed by atoms with Gasteiger partial charge in [0.1, 0.15) is 11.0 Å². The number of amides is 1. The number of aromatic nitrogens is 2. The van der Waals surface area contributed by atoms with E-state index in [0.717, 1.165) is 12.8 Å². The average molecular weight is 287 g/mol. The van der Waals surface area contributed by atoms with E-state index in [1.54, 1.807) is 0 Å². The Morgan fingerprint density at radius 1 is 1.39 bits per heavy atom. The summed E-state index contributed by atoms with van der Waals surface area (Å²) in [5.41, 5.74) is 0. The van der Waals surface area contributed by atoms with Crippen molar-refractivity contribution in [2.24, 2.45) is 5.92 Å². The van der Waals surface area contributed by atoms with Gasteiger partial charge in [0.05, 0.1) is 5.92 Å². The van der Waals surface area contributed by atoms with Crippen LogP contribution in [0.25, 0.3) is 0 Å². The first-order valence-electron chi connectivity index (χ1n) is 5.89. The Balaban J connectivity index is 1.70. The van der Waals surface area contributed by atoms with Gasteiger partial charge < -0.3 is 10.6 Å². The SMILES string of the molecule is O=C(Nc1cc(Cl)nc(Cl)n1)C1CC2CCC1N2. The van der Waals surface area contributed by atoms with Gasteiger partial charge in [-0.05, 0) is 30.9 Å². The number of anilines is 1. The Morgan fingerprint density at radius 2 is 2.22 bits per heavy atom.